The predicted octanol–water partition coefficient (Wildman–Crippen LogP) is 2.77. The standard InChI is InChI=1S/C11H16BrNOS/c1-7(14)8(2)15-11-5-10(12)4-3-9(11)6-13/h3-5,7-8,14H,6,13H2,1-2H3. The maximum absolute atomic E-state index is 9.45. The minimum atomic E-state index is -0.320. The number of aliphatic hydroxyl groups excluding tert-OH is 1. The van der Waals surface area contributed by atoms with Gasteiger partial charge in [0, 0.05) is 21.2 Å². The van der Waals surface area contributed by atoms with E-state index in [1.807, 2.05) is 25.1 Å². The lowest BCUT2D eigenvalue weighted by atomic mass is 10.2. The van der Waals surface area contributed by atoms with E-state index in [0.717, 1.165) is 14.9 Å². The Morgan fingerprint density at radius 3 is 2.67 bits per heavy atom. The molecular weight excluding hydrogens is 274 g/mol. The number of rotatable bonds is 4. The van der Waals surface area contributed by atoms with Crippen molar-refractivity contribution in [2.45, 2.75) is 36.6 Å². The van der Waals surface area contributed by atoms with Crippen LogP contribution in [0.3, 0.4) is 0 Å². The number of aliphatic hydroxyl groups is 1. The Hall–Kier alpha value is -0.0300. The van der Waals surface area contributed by atoms with E-state index >= 15 is 0 Å². The van der Waals surface area contributed by atoms with E-state index in [1.54, 1.807) is 18.7 Å². The Bertz CT molecular complexity index is 330. The molecule has 0 radical (unpaired) electrons. The van der Waals surface area contributed by atoms with Crippen LogP contribution in [0.15, 0.2) is 27.6 Å². The highest BCUT2D eigenvalue weighted by molar-refractivity contribution is 9.10. The maximum Gasteiger partial charge on any atom is 0.0631 e. The molecule has 0 heterocycles. The average molecular weight is 290 g/mol. The molecule has 0 saturated carbocycles. The van der Waals surface area contributed by atoms with Crippen LogP contribution in [0.25, 0.3) is 0 Å². The van der Waals surface area contributed by atoms with Crippen molar-refractivity contribution >= 4 is 27.7 Å². The number of benzene rings is 1. The number of halogens is 1. The third kappa shape index (κ3) is 3.79. The van der Waals surface area contributed by atoms with Crippen molar-refractivity contribution in [2.24, 2.45) is 5.73 Å². The highest BCUT2D eigenvalue weighted by atomic mass is 79.9. The summed E-state index contributed by atoms with van der Waals surface area (Å²) in [4.78, 5) is 1.14. The Kier molecular flexibility index (Phi) is 5.12. The molecule has 0 saturated heterocycles. The second-order valence-electron chi connectivity index (χ2n) is 3.52. The largest absolute Gasteiger partial charge is 0.392 e. The number of thioether (sulfide) groups is 1. The normalized spacial score (nSPS) is 15.0. The summed E-state index contributed by atoms with van der Waals surface area (Å²) in [5.41, 5.74) is 6.78. The Morgan fingerprint density at radius 2 is 2.13 bits per heavy atom. The van der Waals surface area contributed by atoms with Gasteiger partial charge in [0.1, 0.15) is 0 Å². The van der Waals surface area contributed by atoms with E-state index in [4.69, 9.17) is 5.73 Å². The van der Waals surface area contributed by atoms with Crippen LogP contribution < -0.4 is 5.73 Å². The first-order valence-corrected chi connectivity index (χ1v) is 6.55. The van der Waals surface area contributed by atoms with E-state index in [1.165, 1.54) is 0 Å². The lowest BCUT2D eigenvalue weighted by molar-refractivity contribution is 0.196. The number of nitrogens with two attached hydrogens (primary N) is 1. The second-order valence-corrected chi connectivity index (χ2v) is 5.85. The van der Waals surface area contributed by atoms with Crippen molar-refractivity contribution in [1.29, 1.82) is 0 Å². The van der Waals surface area contributed by atoms with Crippen molar-refractivity contribution in [3.8, 4) is 0 Å². The van der Waals surface area contributed by atoms with Crippen molar-refractivity contribution < 1.29 is 5.11 Å². The molecule has 0 spiro atoms. The van der Waals surface area contributed by atoms with Crippen molar-refractivity contribution in [1.82, 2.24) is 0 Å². The fraction of sp³-hybridized carbons (Fsp3) is 0.455. The monoisotopic (exact) mass is 289 g/mol. The zero-order valence-electron chi connectivity index (χ0n) is 8.90. The maximum atomic E-state index is 9.45. The predicted molar refractivity (Wildman–Crippen MR) is 69.0 cm³/mol. The molecule has 2 atom stereocenters. The topological polar surface area (TPSA) is 46.2 Å². The molecule has 2 nitrogen and oxygen atoms in total. The number of hydrogen-bond donors (Lipinski definition) is 2. The molecule has 15 heavy (non-hydrogen) atoms. The van der Waals surface area contributed by atoms with Crippen molar-refractivity contribution in [2.75, 3.05) is 0 Å². The van der Waals surface area contributed by atoms with Gasteiger partial charge in [-0.15, -0.1) is 11.8 Å². The van der Waals surface area contributed by atoms with Crippen LogP contribution in [0.2, 0.25) is 0 Å². The van der Waals surface area contributed by atoms with E-state index < -0.39 is 0 Å². The summed E-state index contributed by atoms with van der Waals surface area (Å²) in [6.45, 7) is 4.34. The van der Waals surface area contributed by atoms with Gasteiger partial charge in [0.15, 0.2) is 0 Å². The summed E-state index contributed by atoms with van der Waals surface area (Å²) in [7, 11) is 0. The van der Waals surface area contributed by atoms with E-state index in [2.05, 4.69) is 15.9 Å². The first kappa shape index (κ1) is 13.0. The minimum absolute atomic E-state index is 0.171. The molecule has 0 aromatic heterocycles. The van der Waals surface area contributed by atoms with Gasteiger partial charge in [-0.3, -0.25) is 0 Å². The molecule has 4 heteroatoms. The summed E-state index contributed by atoms with van der Waals surface area (Å²) in [5, 5.41) is 9.62. The van der Waals surface area contributed by atoms with Crippen LogP contribution in [0.4, 0.5) is 0 Å². The Balaban J connectivity index is 2.87. The van der Waals surface area contributed by atoms with Crippen molar-refractivity contribution in [3.63, 3.8) is 0 Å². The van der Waals surface area contributed by atoms with Gasteiger partial charge in [-0.25, -0.2) is 0 Å². The molecule has 0 amide bonds. The van der Waals surface area contributed by atoms with E-state index in [-0.39, 0.29) is 11.4 Å². The zero-order valence-corrected chi connectivity index (χ0v) is 11.3. The molecular formula is C11H16BrNOS. The quantitative estimate of drug-likeness (QED) is 0.838. The van der Waals surface area contributed by atoms with E-state index in [0.29, 0.717) is 6.54 Å². The molecule has 1 aromatic carbocycles. The van der Waals surface area contributed by atoms with E-state index in [9.17, 15) is 5.11 Å². The second kappa shape index (κ2) is 5.89. The summed E-state index contributed by atoms with van der Waals surface area (Å²) < 4.78 is 1.04. The van der Waals surface area contributed by atoms with Gasteiger partial charge in [-0.2, -0.15) is 0 Å². The van der Waals surface area contributed by atoms with Crippen LogP contribution in [-0.4, -0.2) is 16.5 Å². The summed E-state index contributed by atoms with van der Waals surface area (Å²) in [5.74, 6) is 0. The van der Waals surface area contributed by atoms with Gasteiger partial charge in [0.2, 0.25) is 0 Å². The minimum Gasteiger partial charge on any atom is -0.392 e. The third-order valence-electron chi connectivity index (χ3n) is 2.24. The molecule has 0 aliphatic heterocycles. The molecule has 84 valence electrons. The Morgan fingerprint density at radius 1 is 1.47 bits per heavy atom. The Labute approximate surface area is 103 Å². The van der Waals surface area contributed by atoms with Gasteiger partial charge in [0.05, 0.1) is 6.10 Å². The first-order chi connectivity index (χ1) is 7.04. The molecule has 0 fully saturated rings. The zero-order chi connectivity index (χ0) is 11.4. The molecule has 0 aliphatic carbocycles. The molecule has 1 aromatic rings. The highest BCUT2D eigenvalue weighted by Gasteiger charge is 2.12. The number of hydrogen-bond acceptors (Lipinski definition) is 3. The van der Waals surface area contributed by atoms with Crippen LogP contribution in [0.1, 0.15) is 19.4 Å². The first-order valence-electron chi connectivity index (χ1n) is 4.87. The van der Waals surface area contributed by atoms with Gasteiger partial charge < -0.3 is 10.8 Å². The van der Waals surface area contributed by atoms with Crippen LogP contribution in [0.5, 0.6) is 0 Å². The fourth-order valence-corrected chi connectivity index (χ4v) is 2.71. The fourth-order valence-electron chi connectivity index (χ4n) is 1.11. The van der Waals surface area contributed by atoms with Crippen LogP contribution >= 0.6 is 27.7 Å². The van der Waals surface area contributed by atoms with Crippen LogP contribution in [-0.2, 0) is 6.54 Å². The summed E-state index contributed by atoms with van der Waals surface area (Å²) in [6.07, 6.45) is -0.320. The lowest BCUT2D eigenvalue weighted by Gasteiger charge is -2.16. The SMILES string of the molecule is CC(O)C(C)Sc1cc(Br)ccc1CN. The molecule has 1 rings (SSSR count). The molecule has 0 aliphatic rings. The lowest BCUT2D eigenvalue weighted by Crippen LogP contribution is -2.15. The van der Waals surface area contributed by atoms with Gasteiger partial charge >= 0.3 is 0 Å². The van der Waals surface area contributed by atoms with Crippen LogP contribution in [0, 0.1) is 0 Å². The van der Waals surface area contributed by atoms with Gasteiger partial charge in [-0.05, 0) is 24.6 Å². The summed E-state index contributed by atoms with van der Waals surface area (Å²) in [6, 6.07) is 6.05. The smallest absolute Gasteiger partial charge is 0.0631 e. The summed E-state index contributed by atoms with van der Waals surface area (Å²) >= 11 is 5.09. The third-order valence-corrected chi connectivity index (χ3v) is 4.13. The highest BCUT2D eigenvalue weighted by Crippen LogP contribution is 2.30. The molecule has 3 N–H and O–H groups in total. The van der Waals surface area contributed by atoms with Crippen molar-refractivity contribution in [3.05, 3.63) is 28.2 Å². The van der Waals surface area contributed by atoms with Gasteiger partial charge in [-0.1, -0.05) is 28.9 Å². The molecule has 2 unspecified atom stereocenters. The van der Waals surface area contributed by atoms with Gasteiger partial charge in [0.25, 0.3) is 0 Å². The molecule has 0 bridgehead atoms. The average Bonchev–Trinajstić information content (AvgIpc) is 2.18.